The Balaban J connectivity index is 0.000000791. The van der Waals surface area contributed by atoms with Crippen molar-refractivity contribution in [3.05, 3.63) is 34.3 Å². The molecule has 0 amide bonds. The molecule has 1 aromatic carbocycles. The van der Waals surface area contributed by atoms with Crippen molar-refractivity contribution < 1.29 is 4.79 Å². The van der Waals surface area contributed by atoms with Gasteiger partial charge < -0.3 is 0 Å². The molecular formula is C12H17ClO. The molecule has 0 saturated heterocycles. The van der Waals surface area contributed by atoms with Crippen molar-refractivity contribution >= 4 is 17.4 Å². The molecule has 0 atom stereocenters. The van der Waals surface area contributed by atoms with Crippen LogP contribution >= 0.6 is 11.6 Å². The fourth-order valence-electron chi connectivity index (χ4n) is 1.04. The van der Waals surface area contributed by atoms with E-state index in [1.165, 1.54) is 0 Å². The number of carbonyl (C=O) groups is 1. The summed E-state index contributed by atoms with van der Waals surface area (Å²) in [5, 5.41) is 0.557. The van der Waals surface area contributed by atoms with Crippen LogP contribution in [0.4, 0.5) is 0 Å². The highest BCUT2D eigenvalue weighted by Gasteiger charge is 2.06. The molecule has 0 N–H and O–H groups in total. The lowest BCUT2D eigenvalue weighted by atomic mass is 10.1. The zero-order chi connectivity index (χ0) is 11.1. The molecule has 0 unspecified atom stereocenters. The molecule has 1 aromatic rings. The number of halogens is 1. The predicted octanol–water partition coefficient (Wildman–Crippen LogP) is 4.27. The Morgan fingerprint density at radius 3 is 2.36 bits per heavy atom. The van der Waals surface area contributed by atoms with Gasteiger partial charge in [0.2, 0.25) is 0 Å². The maximum absolute atomic E-state index is 11.3. The van der Waals surface area contributed by atoms with Gasteiger partial charge >= 0.3 is 0 Å². The van der Waals surface area contributed by atoms with Crippen molar-refractivity contribution in [1.82, 2.24) is 0 Å². The molecule has 0 radical (unpaired) electrons. The van der Waals surface area contributed by atoms with Gasteiger partial charge in [0.1, 0.15) is 0 Å². The number of benzene rings is 1. The molecule has 1 rings (SSSR count). The molecule has 0 spiro atoms. The topological polar surface area (TPSA) is 17.1 Å². The monoisotopic (exact) mass is 212 g/mol. The predicted molar refractivity (Wildman–Crippen MR) is 62.2 cm³/mol. The van der Waals surface area contributed by atoms with E-state index in [-0.39, 0.29) is 5.78 Å². The van der Waals surface area contributed by atoms with Crippen LogP contribution in [0.1, 0.15) is 43.1 Å². The number of ketones is 1. The molecule has 2 heteroatoms. The summed E-state index contributed by atoms with van der Waals surface area (Å²) in [5.74, 6) is 0.0972. The average Bonchev–Trinajstić information content (AvgIpc) is 2.20. The fourth-order valence-corrected chi connectivity index (χ4v) is 1.38. The lowest BCUT2D eigenvalue weighted by Crippen LogP contribution is -1.97. The zero-order valence-corrected chi connectivity index (χ0v) is 9.98. The summed E-state index contributed by atoms with van der Waals surface area (Å²) >= 11 is 5.88. The van der Waals surface area contributed by atoms with Gasteiger partial charge in [0, 0.05) is 12.0 Å². The summed E-state index contributed by atoms with van der Waals surface area (Å²) in [4.78, 5) is 11.3. The zero-order valence-electron chi connectivity index (χ0n) is 9.23. The van der Waals surface area contributed by atoms with Gasteiger partial charge in [-0.05, 0) is 24.6 Å². The average molecular weight is 213 g/mol. The molecule has 78 valence electrons. The van der Waals surface area contributed by atoms with Gasteiger partial charge in [0.05, 0.1) is 5.02 Å². The molecule has 0 heterocycles. The normalized spacial score (nSPS) is 8.93. The largest absolute Gasteiger partial charge is 0.294 e. The number of hydrogen-bond acceptors (Lipinski definition) is 1. The van der Waals surface area contributed by atoms with Crippen LogP contribution in [0.2, 0.25) is 5.02 Å². The van der Waals surface area contributed by atoms with Crippen LogP contribution < -0.4 is 0 Å². The van der Waals surface area contributed by atoms with Crippen molar-refractivity contribution in [3.63, 3.8) is 0 Å². The third-order valence-electron chi connectivity index (χ3n) is 1.75. The van der Waals surface area contributed by atoms with Crippen molar-refractivity contribution in [3.8, 4) is 0 Å². The minimum Gasteiger partial charge on any atom is -0.294 e. The highest BCUT2D eigenvalue weighted by Crippen LogP contribution is 2.18. The smallest absolute Gasteiger partial charge is 0.164 e. The second-order valence-corrected chi connectivity index (χ2v) is 3.17. The number of rotatable bonds is 2. The van der Waals surface area contributed by atoms with Crippen molar-refractivity contribution in [2.45, 2.75) is 34.1 Å². The maximum atomic E-state index is 11.3. The number of hydrogen-bond donors (Lipinski definition) is 0. The van der Waals surface area contributed by atoms with Gasteiger partial charge in [0.25, 0.3) is 0 Å². The van der Waals surface area contributed by atoms with Crippen LogP contribution in [0.15, 0.2) is 18.2 Å². The van der Waals surface area contributed by atoms with Crippen LogP contribution in [0, 0.1) is 6.92 Å². The van der Waals surface area contributed by atoms with Crippen LogP contribution in [-0.2, 0) is 0 Å². The third kappa shape index (κ3) is 3.51. The van der Waals surface area contributed by atoms with E-state index in [4.69, 9.17) is 11.6 Å². The van der Waals surface area contributed by atoms with E-state index in [0.29, 0.717) is 17.0 Å². The van der Waals surface area contributed by atoms with E-state index in [1.54, 1.807) is 6.07 Å². The maximum Gasteiger partial charge on any atom is 0.164 e. The molecule has 0 fully saturated rings. The minimum absolute atomic E-state index is 0.0972. The molecular weight excluding hydrogens is 196 g/mol. The Kier molecular flexibility index (Phi) is 6.22. The van der Waals surface area contributed by atoms with Gasteiger partial charge in [-0.25, -0.2) is 0 Å². The van der Waals surface area contributed by atoms with E-state index in [0.717, 1.165) is 5.56 Å². The first-order valence-electron chi connectivity index (χ1n) is 4.94. The van der Waals surface area contributed by atoms with Crippen molar-refractivity contribution in [2.24, 2.45) is 0 Å². The van der Waals surface area contributed by atoms with Crippen molar-refractivity contribution in [1.29, 1.82) is 0 Å². The Morgan fingerprint density at radius 1 is 1.36 bits per heavy atom. The quantitative estimate of drug-likeness (QED) is 0.670. The van der Waals surface area contributed by atoms with Crippen LogP contribution in [0.25, 0.3) is 0 Å². The summed E-state index contributed by atoms with van der Waals surface area (Å²) in [7, 11) is 0. The molecule has 1 nitrogen and oxygen atoms in total. The highest BCUT2D eigenvalue weighted by atomic mass is 35.5. The van der Waals surface area contributed by atoms with Crippen LogP contribution in [-0.4, -0.2) is 5.78 Å². The Labute approximate surface area is 91.1 Å². The van der Waals surface area contributed by atoms with Crippen LogP contribution in [0.5, 0.6) is 0 Å². The Morgan fingerprint density at radius 2 is 1.93 bits per heavy atom. The Bertz CT molecular complexity index is 305. The van der Waals surface area contributed by atoms with Gasteiger partial charge in [0.15, 0.2) is 5.78 Å². The molecule has 14 heavy (non-hydrogen) atoms. The van der Waals surface area contributed by atoms with Gasteiger partial charge in [-0.2, -0.15) is 0 Å². The second kappa shape index (κ2) is 6.61. The molecule has 0 bridgehead atoms. The number of Topliss-reactive ketones (excluding diaryl/α,β-unsaturated/α-hetero) is 1. The standard InChI is InChI=1S/C10H11ClO.C2H6/c1-3-10(12)8-5-4-7(2)6-9(8)11;1-2/h4-6H,3H2,1-2H3;1-2H3. The van der Waals surface area contributed by atoms with Gasteiger partial charge in [-0.3, -0.25) is 4.79 Å². The first-order chi connectivity index (χ1) is 6.65. The Hall–Kier alpha value is -0.820. The summed E-state index contributed by atoms with van der Waals surface area (Å²) in [6, 6.07) is 5.49. The first kappa shape index (κ1) is 13.2. The highest BCUT2D eigenvalue weighted by molar-refractivity contribution is 6.34. The number of carbonyl (C=O) groups excluding carboxylic acids is 1. The van der Waals surface area contributed by atoms with E-state index in [2.05, 4.69) is 0 Å². The van der Waals surface area contributed by atoms with Gasteiger partial charge in [-0.15, -0.1) is 0 Å². The van der Waals surface area contributed by atoms with E-state index in [1.807, 2.05) is 39.8 Å². The summed E-state index contributed by atoms with van der Waals surface area (Å²) < 4.78 is 0. The fraction of sp³-hybridized carbons (Fsp3) is 0.417. The summed E-state index contributed by atoms with van der Waals surface area (Å²) in [6.07, 6.45) is 0.503. The molecule has 0 aliphatic heterocycles. The van der Waals surface area contributed by atoms with E-state index < -0.39 is 0 Å². The lowest BCUT2D eigenvalue weighted by molar-refractivity contribution is 0.0988. The third-order valence-corrected chi connectivity index (χ3v) is 2.06. The summed E-state index contributed by atoms with van der Waals surface area (Å²) in [5.41, 5.74) is 1.71. The lowest BCUT2D eigenvalue weighted by Gasteiger charge is -2.01. The number of aryl methyl sites for hydroxylation is 1. The van der Waals surface area contributed by atoms with Crippen molar-refractivity contribution in [2.75, 3.05) is 0 Å². The van der Waals surface area contributed by atoms with E-state index >= 15 is 0 Å². The van der Waals surface area contributed by atoms with Gasteiger partial charge in [-0.1, -0.05) is 38.4 Å². The molecule has 0 aromatic heterocycles. The minimum atomic E-state index is 0.0972. The van der Waals surface area contributed by atoms with Crippen LogP contribution in [0.3, 0.4) is 0 Å². The summed E-state index contributed by atoms with van der Waals surface area (Å²) in [6.45, 7) is 7.78. The van der Waals surface area contributed by atoms with E-state index in [9.17, 15) is 4.79 Å². The SMILES string of the molecule is CC.CCC(=O)c1ccc(C)cc1Cl. The molecule has 0 aliphatic rings. The molecule has 0 saturated carbocycles. The molecule has 0 aliphatic carbocycles. The second-order valence-electron chi connectivity index (χ2n) is 2.76. The first-order valence-corrected chi connectivity index (χ1v) is 5.32.